The summed E-state index contributed by atoms with van der Waals surface area (Å²) in [5.41, 5.74) is 0.440. The van der Waals surface area contributed by atoms with Gasteiger partial charge < -0.3 is 5.32 Å². The van der Waals surface area contributed by atoms with Crippen LogP contribution in [0.25, 0.3) is 0 Å². The fraction of sp³-hybridized carbons (Fsp3) is 0.833. The highest BCUT2D eigenvalue weighted by atomic mass is 14.9. The molecule has 13 heavy (non-hydrogen) atoms. The Balaban J connectivity index is 4.84. The minimum Gasteiger partial charge on any atom is -0.314 e. The first kappa shape index (κ1) is 12.7. The Morgan fingerprint density at radius 2 is 1.77 bits per heavy atom. The molecule has 1 heteroatoms. The Morgan fingerprint density at radius 3 is 1.85 bits per heavy atom. The van der Waals surface area contributed by atoms with Crippen molar-refractivity contribution in [3.8, 4) is 0 Å². The molecule has 0 saturated carbocycles. The van der Waals surface area contributed by atoms with Crippen LogP contribution in [0.1, 0.15) is 41.0 Å². The van der Waals surface area contributed by atoms with Gasteiger partial charge in [0.2, 0.25) is 0 Å². The molecule has 2 unspecified atom stereocenters. The first-order valence-corrected chi connectivity index (χ1v) is 5.13. The van der Waals surface area contributed by atoms with E-state index < -0.39 is 0 Å². The minimum atomic E-state index is 0.167. The van der Waals surface area contributed by atoms with Gasteiger partial charge in [0.15, 0.2) is 0 Å². The van der Waals surface area contributed by atoms with Crippen LogP contribution in [0.4, 0.5) is 0 Å². The largest absolute Gasteiger partial charge is 0.314 e. The second-order valence-corrected chi connectivity index (χ2v) is 5.10. The van der Waals surface area contributed by atoms with Crippen LogP contribution in [0.2, 0.25) is 0 Å². The third-order valence-corrected chi connectivity index (χ3v) is 3.16. The van der Waals surface area contributed by atoms with Crippen molar-refractivity contribution in [2.24, 2.45) is 11.3 Å². The Labute approximate surface area is 83.6 Å². The Kier molecular flexibility index (Phi) is 4.18. The van der Waals surface area contributed by atoms with Gasteiger partial charge in [-0.3, -0.25) is 0 Å². The van der Waals surface area contributed by atoms with Crippen LogP contribution >= 0.6 is 0 Å². The summed E-state index contributed by atoms with van der Waals surface area (Å²) in [6, 6.07) is 0. The Hall–Kier alpha value is -0.300. The van der Waals surface area contributed by atoms with Crippen molar-refractivity contribution in [2.75, 3.05) is 7.05 Å². The molecule has 0 aliphatic carbocycles. The van der Waals surface area contributed by atoms with E-state index >= 15 is 0 Å². The third kappa shape index (κ3) is 2.84. The van der Waals surface area contributed by atoms with Crippen LogP contribution in [0.5, 0.6) is 0 Å². The van der Waals surface area contributed by atoms with E-state index in [-0.39, 0.29) is 11.0 Å². The fourth-order valence-corrected chi connectivity index (χ4v) is 2.12. The van der Waals surface area contributed by atoms with E-state index in [0.717, 1.165) is 6.42 Å². The lowest BCUT2D eigenvalue weighted by molar-refractivity contribution is 0.153. The summed E-state index contributed by atoms with van der Waals surface area (Å²) in [6.07, 6.45) is 3.21. The second kappa shape index (κ2) is 4.28. The zero-order valence-electron chi connectivity index (χ0n) is 10.1. The number of hydrogen-bond acceptors (Lipinski definition) is 1. The highest BCUT2D eigenvalue weighted by Gasteiger charge is 2.36. The van der Waals surface area contributed by atoms with Crippen LogP contribution in [0.15, 0.2) is 12.7 Å². The highest BCUT2D eigenvalue weighted by molar-refractivity contribution is 5.02. The summed E-state index contributed by atoms with van der Waals surface area (Å²) in [5.74, 6) is 0.495. The van der Waals surface area contributed by atoms with E-state index in [1.54, 1.807) is 0 Å². The van der Waals surface area contributed by atoms with Crippen LogP contribution in [-0.2, 0) is 0 Å². The quantitative estimate of drug-likeness (QED) is 0.660. The maximum absolute atomic E-state index is 3.95. The second-order valence-electron chi connectivity index (χ2n) is 5.10. The van der Waals surface area contributed by atoms with Crippen molar-refractivity contribution in [1.82, 2.24) is 5.32 Å². The van der Waals surface area contributed by atoms with E-state index in [1.807, 2.05) is 7.05 Å². The van der Waals surface area contributed by atoms with E-state index in [1.165, 1.54) is 0 Å². The molecule has 0 fully saturated rings. The number of hydrogen-bond donors (Lipinski definition) is 1. The normalized spacial score (nSPS) is 19.2. The van der Waals surface area contributed by atoms with E-state index in [9.17, 15) is 0 Å². The maximum Gasteiger partial charge on any atom is 0.0215 e. The predicted octanol–water partition coefficient (Wildman–Crippen LogP) is 3.22. The molecule has 0 aromatic carbocycles. The predicted molar refractivity (Wildman–Crippen MR) is 60.9 cm³/mol. The minimum absolute atomic E-state index is 0.167. The molecule has 78 valence electrons. The first-order valence-electron chi connectivity index (χ1n) is 5.13. The van der Waals surface area contributed by atoms with Gasteiger partial charge in [0.1, 0.15) is 0 Å². The van der Waals surface area contributed by atoms with Crippen LogP contribution in [0, 0.1) is 11.3 Å². The molecule has 0 spiro atoms. The van der Waals surface area contributed by atoms with Gasteiger partial charge in [0.25, 0.3) is 0 Å². The zero-order valence-corrected chi connectivity index (χ0v) is 10.1. The summed E-state index contributed by atoms with van der Waals surface area (Å²) in [7, 11) is 2.03. The number of nitrogens with one attached hydrogen (secondary N) is 1. The molecule has 0 rings (SSSR count). The topological polar surface area (TPSA) is 12.0 Å². The van der Waals surface area contributed by atoms with Gasteiger partial charge in [-0.15, -0.1) is 6.58 Å². The SMILES string of the molecule is C=CC(C(C)(C)C)C(C)(CC)NC. The molecule has 1 N–H and O–H groups in total. The molecule has 0 aliphatic heterocycles. The van der Waals surface area contributed by atoms with Gasteiger partial charge in [-0.05, 0) is 31.7 Å². The molecule has 0 aromatic heterocycles. The lowest BCUT2D eigenvalue weighted by Crippen LogP contribution is -2.50. The summed E-state index contributed by atoms with van der Waals surface area (Å²) in [4.78, 5) is 0. The lowest BCUT2D eigenvalue weighted by atomic mass is 9.68. The Morgan fingerprint density at radius 1 is 1.31 bits per heavy atom. The molecule has 0 aromatic rings. The Bertz CT molecular complexity index is 160. The molecule has 0 amide bonds. The molecule has 0 radical (unpaired) electrons. The van der Waals surface area contributed by atoms with E-state index in [2.05, 4.69) is 52.6 Å². The van der Waals surface area contributed by atoms with Crippen LogP contribution in [0.3, 0.4) is 0 Å². The molecule has 1 nitrogen and oxygen atoms in total. The smallest absolute Gasteiger partial charge is 0.0215 e. The van der Waals surface area contributed by atoms with Gasteiger partial charge in [-0.1, -0.05) is 33.8 Å². The molecule has 2 atom stereocenters. The summed E-state index contributed by atoms with van der Waals surface area (Å²) >= 11 is 0. The van der Waals surface area contributed by atoms with Crippen LogP contribution < -0.4 is 5.32 Å². The van der Waals surface area contributed by atoms with Crippen molar-refractivity contribution in [2.45, 2.75) is 46.6 Å². The molecular formula is C12H25N. The van der Waals surface area contributed by atoms with Crippen LogP contribution in [-0.4, -0.2) is 12.6 Å². The summed E-state index contributed by atoms with van der Waals surface area (Å²) in [6.45, 7) is 15.2. The van der Waals surface area contributed by atoms with Crippen molar-refractivity contribution in [3.05, 3.63) is 12.7 Å². The maximum atomic E-state index is 3.95. The number of rotatable bonds is 4. The summed E-state index contributed by atoms with van der Waals surface area (Å²) < 4.78 is 0. The van der Waals surface area contributed by atoms with E-state index in [4.69, 9.17) is 0 Å². The third-order valence-electron chi connectivity index (χ3n) is 3.16. The fourth-order valence-electron chi connectivity index (χ4n) is 2.12. The van der Waals surface area contributed by atoms with Gasteiger partial charge in [0.05, 0.1) is 0 Å². The van der Waals surface area contributed by atoms with Gasteiger partial charge >= 0.3 is 0 Å². The van der Waals surface area contributed by atoms with Gasteiger partial charge in [-0.25, -0.2) is 0 Å². The van der Waals surface area contributed by atoms with Gasteiger partial charge in [-0.2, -0.15) is 0 Å². The van der Waals surface area contributed by atoms with Crippen molar-refractivity contribution in [1.29, 1.82) is 0 Å². The standard InChI is InChI=1S/C12H25N/c1-8-10(11(3,4)5)12(6,9-2)13-7/h8,10,13H,1,9H2,2-7H3. The average molecular weight is 183 g/mol. The van der Waals surface area contributed by atoms with E-state index in [0.29, 0.717) is 5.92 Å². The molecule has 0 bridgehead atoms. The zero-order chi connectivity index (χ0) is 10.7. The lowest BCUT2D eigenvalue weighted by Gasteiger charge is -2.43. The summed E-state index contributed by atoms with van der Waals surface area (Å²) in [5, 5.41) is 3.41. The molecular weight excluding hydrogens is 158 g/mol. The van der Waals surface area contributed by atoms with Crippen molar-refractivity contribution < 1.29 is 0 Å². The molecule has 0 heterocycles. The monoisotopic (exact) mass is 183 g/mol. The van der Waals surface area contributed by atoms with Crippen molar-refractivity contribution in [3.63, 3.8) is 0 Å². The molecule has 0 aliphatic rings. The van der Waals surface area contributed by atoms with Crippen molar-refractivity contribution >= 4 is 0 Å². The highest BCUT2D eigenvalue weighted by Crippen LogP contribution is 2.36. The average Bonchev–Trinajstić information content (AvgIpc) is 2.02. The molecule has 0 saturated heterocycles. The first-order chi connectivity index (χ1) is 5.81. The van der Waals surface area contributed by atoms with Gasteiger partial charge in [0, 0.05) is 5.54 Å².